The fraction of sp³-hybridized carbons (Fsp3) is 1.00. The van der Waals surface area contributed by atoms with Gasteiger partial charge in [0.05, 0.1) is 0 Å². The third-order valence-corrected chi connectivity index (χ3v) is 3.41. The van der Waals surface area contributed by atoms with E-state index in [4.69, 9.17) is 0 Å². The zero-order valence-corrected chi connectivity index (χ0v) is 7.90. The van der Waals surface area contributed by atoms with Crippen molar-refractivity contribution in [3.8, 4) is 0 Å². The summed E-state index contributed by atoms with van der Waals surface area (Å²) in [6.45, 7) is 4.74. The van der Waals surface area contributed by atoms with Crippen molar-refractivity contribution >= 4 is 12.6 Å². The quantitative estimate of drug-likeness (QED) is 0.557. The fourth-order valence-electron chi connectivity index (χ4n) is 2.11. The van der Waals surface area contributed by atoms with Gasteiger partial charge in [0, 0.05) is 0 Å². The Labute approximate surface area is 69.8 Å². The normalized spacial score (nSPS) is 41.7. The highest BCUT2D eigenvalue weighted by atomic mass is 32.1. The third kappa shape index (κ3) is 1.69. The van der Waals surface area contributed by atoms with E-state index in [2.05, 4.69) is 26.5 Å². The fourth-order valence-corrected chi connectivity index (χ4v) is 2.83. The van der Waals surface area contributed by atoms with Gasteiger partial charge in [-0.05, 0) is 23.5 Å². The lowest BCUT2D eigenvalue weighted by Gasteiger charge is -2.33. The molecule has 60 valence electrons. The molecule has 0 spiro atoms. The van der Waals surface area contributed by atoms with Gasteiger partial charge >= 0.3 is 0 Å². The minimum absolute atomic E-state index is 0.886. The zero-order valence-electron chi connectivity index (χ0n) is 7.01. The number of rotatable bonds is 1. The summed E-state index contributed by atoms with van der Waals surface area (Å²) in [7, 11) is 0. The highest BCUT2D eigenvalue weighted by Gasteiger charge is 2.25. The molecule has 0 aliphatic heterocycles. The van der Waals surface area contributed by atoms with Crippen LogP contribution >= 0.6 is 12.6 Å². The first kappa shape index (κ1) is 8.45. The van der Waals surface area contributed by atoms with E-state index in [0.717, 1.165) is 23.5 Å². The molecule has 2 unspecified atom stereocenters. The van der Waals surface area contributed by atoms with Crippen molar-refractivity contribution in [2.24, 2.45) is 17.8 Å². The standard InChI is InChI=1S/C9H18S/c1-7-4-3-5-8(2)9(7)6-10/h7-10H,3-6H2,1-2H3. The molecule has 1 aliphatic carbocycles. The van der Waals surface area contributed by atoms with Crippen LogP contribution in [0.4, 0.5) is 0 Å². The summed E-state index contributed by atoms with van der Waals surface area (Å²) in [6, 6.07) is 0. The van der Waals surface area contributed by atoms with Crippen LogP contribution in [-0.2, 0) is 0 Å². The van der Waals surface area contributed by atoms with Crippen LogP contribution in [0.1, 0.15) is 33.1 Å². The lowest BCUT2D eigenvalue weighted by Crippen LogP contribution is -2.25. The molecule has 0 N–H and O–H groups in total. The summed E-state index contributed by atoms with van der Waals surface area (Å²) >= 11 is 4.38. The molecule has 0 saturated heterocycles. The molecule has 1 rings (SSSR count). The monoisotopic (exact) mass is 158 g/mol. The second-order valence-electron chi connectivity index (χ2n) is 3.73. The van der Waals surface area contributed by atoms with Gasteiger partial charge in [-0.3, -0.25) is 0 Å². The Bertz CT molecular complexity index is 90.9. The third-order valence-electron chi connectivity index (χ3n) is 2.99. The van der Waals surface area contributed by atoms with Crippen molar-refractivity contribution < 1.29 is 0 Å². The maximum Gasteiger partial charge on any atom is -0.00644 e. The Hall–Kier alpha value is 0.350. The molecule has 1 saturated carbocycles. The van der Waals surface area contributed by atoms with Gasteiger partial charge in [0.25, 0.3) is 0 Å². The molecule has 0 aromatic rings. The molecule has 0 amide bonds. The maximum absolute atomic E-state index is 4.38. The highest BCUT2D eigenvalue weighted by Crippen LogP contribution is 2.34. The number of thiol groups is 1. The molecule has 1 aliphatic rings. The Kier molecular flexibility index (Phi) is 3.09. The van der Waals surface area contributed by atoms with Crippen LogP contribution in [0, 0.1) is 17.8 Å². The van der Waals surface area contributed by atoms with Crippen molar-refractivity contribution in [2.75, 3.05) is 5.75 Å². The lowest BCUT2D eigenvalue weighted by atomic mass is 9.75. The van der Waals surface area contributed by atoms with E-state index >= 15 is 0 Å². The van der Waals surface area contributed by atoms with E-state index in [1.165, 1.54) is 19.3 Å². The second-order valence-corrected chi connectivity index (χ2v) is 4.10. The van der Waals surface area contributed by atoms with Gasteiger partial charge in [-0.15, -0.1) is 0 Å². The van der Waals surface area contributed by atoms with Crippen molar-refractivity contribution in [1.82, 2.24) is 0 Å². The smallest absolute Gasteiger partial charge is 0.00644 e. The maximum atomic E-state index is 4.38. The van der Waals surface area contributed by atoms with Crippen LogP contribution in [0.15, 0.2) is 0 Å². The van der Waals surface area contributed by atoms with Crippen LogP contribution in [-0.4, -0.2) is 5.75 Å². The van der Waals surface area contributed by atoms with Crippen LogP contribution in [0.2, 0.25) is 0 Å². The highest BCUT2D eigenvalue weighted by molar-refractivity contribution is 7.80. The van der Waals surface area contributed by atoms with Crippen molar-refractivity contribution in [1.29, 1.82) is 0 Å². The van der Waals surface area contributed by atoms with Crippen LogP contribution in [0.25, 0.3) is 0 Å². The van der Waals surface area contributed by atoms with Gasteiger partial charge in [0.2, 0.25) is 0 Å². The Morgan fingerprint density at radius 2 is 1.70 bits per heavy atom. The van der Waals surface area contributed by atoms with Gasteiger partial charge in [-0.2, -0.15) is 12.6 Å². The average Bonchev–Trinajstić information content (AvgIpc) is 1.88. The summed E-state index contributed by atoms with van der Waals surface area (Å²) in [5.41, 5.74) is 0. The zero-order chi connectivity index (χ0) is 7.56. The van der Waals surface area contributed by atoms with Gasteiger partial charge in [0.1, 0.15) is 0 Å². The molecule has 0 nitrogen and oxygen atoms in total. The average molecular weight is 158 g/mol. The number of hydrogen-bond donors (Lipinski definition) is 1. The lowest BCUT2D eigenvalue weighted by molar-refractivity contribution is 0.202. The molecule has 10 heavy (non-hydrogen) atoms. The Morgan fingerprint density at radius 3 is 2.00 bits per heavy atom. The van der Waals surface area contributed by atoms with E-state index in [1.807, 2.05) is 0 Å². The van der Waals surface area contributed by atoms with Crippen molar-refractivity contribution in [3.63, 3.8) is 0 Å². The molecule has 0 bridgehead atoms. The van der Waals surface area contributed by atoms with Crippen molar-refractivity contribution in [3.05, 3.63) is 0 Å². The summed E-state index contributed by atoms with van der Waals surface area (Å²) in [6.07, 6.45) is 4.29. The molecule has 1 heteroatoms. The predicted octanol–water partition coefficient (Wildman–Crippen LogP) is 2.99. The van der Waals surface area contributed by atoms with Gasteiger partial charge in [-0.25, -0.2) is 0 Å². The van der Waals surface area contributed by atoms with Gasteiger partial charge < -0.3 is 0 Å². The predicted molar refractivity (Wildman–Crippen MR) is 49.5 cm³/mol. The first-order valence-corrected chi connectivity index (χ1v) is 4.99. The number of hydrogen-bond acceptors (Lipinski definition) is 1. The summed E-state index contributed by atoms with van der Waals surface area (Å²) < 4.78 is 0. The first-order chi connectivity index (χ1) is 4.75. The molecule has 2 atom stereocenters. The van der Waals surface area contributed by atoms with Crippen LogP contribution in [0.3, 0.4) is 0 Å². The summed E-state index contributed by atoms with van der Waals surface area (Å²) in [4.78, 5) is 0. The summed E-state index contributed by atoms with van der Waals surface area (Å²) in [5, 5.41) is 0. The molecule has 0 aromatic carbocycles. The Balaban J connectivity index is 2.45. The molecule has 0 radical (unpaired) electrons. The van der Waals surface area contributed by atoms with Crippen molar-refractivity contribution in [2.45, 2.75) is 33.1 Å². The Morgan fingerprint density at radius 1 is 1.20 bits per heavy atom. The van der Waals surface area contributed by atoms with E-state index in [9.17, 15) is 0 Å². The molecule has 0 heterocycles. The molecular formula is C9H18S. The molecule has 0 aromatic heterocycles. The molecular weight excluding hydrogens is 140 g/mol. The van der Waals surface area contributed by atoms with Gasteiger partial charge in [0.15, 0.2) is 0 Å². The van der Waals surface area contributed by atoms with E-state index in [0.29, 0.717) is 0 Å². The van der Waals surface area contributed by atoms with Crippen LogP contribution in [0.5, 0.6) is 0 Å². The first-order valence-electron chi connectivity index (χ1n) is 4.36. The topological polar surface area (TPSA) is 0 Å². The molecule has 1 fully saturated rings. The van der Waals surface area contributed by atoms with Gasteiger partial charge in [-0.1, -0.05) is 33.1 Å². The largest absolute Gasteiger partial charge is 0.179 e. The van der Waals surface area contributed by atoms with E-state index < -0.39 is 0 Å². The minimum Gasteiger partial charge on any atom is -0.179 e. The van der Waals surface area contributed by atoms with Crippen LogP contribution < -0.4 is 0 Å². The minimum atomic E-state index is 0.886. The van der Waals surface area contributed by atoms with E-state index in [1.54, 1.807) is 0 Å². The SMILES string of the molecule is CC1CCCC(C)C1CS. The summed E-state index contributed by atoms with van der Waals surface area (Å²) in [5.74, 6) is 3.81. The van der Waals surface area contributed by atoms with E-state index in [-0.39, 0.29) is 0 Å². The second kappa shape index (κ2) is 3.66.